The maximum Gasteiger partial charge on any atom is 0.417 e. The van der Waals surface area contributed by atoms with Crippen molar-refractivity contribution in [1.82, 2.24) is 0 Å². The van der Waals surface area contributed by atoms with Crippen molar-refractivity contribution in [3.63, 3.8) is 0 Å². The van der Waals surface area contributed by atoms with Crippen LogP contribution in [0, 0.1) is 10.1 Å². The van der Waals surface area contributed by atoms with Gasteiger partial charge in [0, 0.05) is 0 Å². The molecule has 1 heterocycles. The van der Waals surface area contributed by atoms with Gasteiger partial charge in [0.15, 0.2) is 6.26 Å². The minimum absolute atomic E-state index is 0.374. The van der Waals surface area contributed by atoms with Crippen LogP contribution in [0.2, 0.25) is 0 Å². The fraction of sp³-hybridized carbons (Fsp3) is 0. The van der Waals surface area contributed by atoms with E-state index in [-0.39, 0.29) is 5.84 Å². The molecular weight excluding hydrogens is 128 g/mol. The Morgan fingerprint density at radius 2 is 2.56 bits per heavy atom. The van der Waals surface area contributed by atoms with Gasteiger partial charge < -0.3 is 10.1 Å². The summed E-state index contributed by atoms with van der Waals surface area (Å²) in [6.45, 7) is 0. The lowest BCUT2D eigenvalue weighted by Gasteiger charge is -1.93. The molecule has 0 aromatic rings. The van der Waals surface area contributed by atoms with Gasteiger partial charge in [-0.25, -0.2) is 0 Å². The van der Waals surface area contributed by atoms with Crippen LogP contribution >= 0.6 is 0 Å². The molecule has 0 aliphatic carbocycles. The first-order valence-electron chi connectivity index (χ1n) is 2.02. The van der Waals surface area contributed by atoms with Crippen molar-refractivity contribution >= 4 is 5.84 Å². The number of nitrogens with zero attached hydrogens (tertiary/aromatic N) is 2. The van der Waals surface area contributed by atoms with E-state index in [9.17, 15) is 10.1 Å². The Labute approximate surface area is 49.4 Å². The Balaban J connectivity index is 2.69. The first-order chi connectivity index (χ1) is 4.30. The Morgan fingerprint density at radius 1 is 1.78 bits per heavy atom. The van der Waals surface area contributed by atoms with Gasteiger partial charge in [0.25, 0.3) is 0 Å². The fourth-order valence-corrected chi connectivity index (χ4v) is 0.298. The lowest BCUT2D eigenvalue weighted by Crippen LogP contribution is -2.11. The molecule has 0 spiro atoms. The van der Waals surface area contributed by atoms with Gasteiger partial charge in [-0.05, 0) is 4.92 Å². The third kappa shape index (κ3) is 1.15. The van der Waals surface area contributed by atoms with E-state index < -0.39 is 4.92 Å². The lowest BCUT2D eigenvalue weighted by atomic mass is 10.6. The van der Waals surface area contributed by atoms with Crippen molar-refractivity contribution < 1.29 is 14.8 Å². The van der Waals surface area contributed by atoms with Crippen LogP contribution in [-0.4, -0.2) is 10.8 Å². The molecule has 0 radical (unpaired) electrons. The van der Waals surface area contributed by atoms with E-state index in [0.29, 0.717) is 0 Å². The Morgan fingerprint density at radius 3 is 2.89 bits per heavy atom. The lowest BCUT2D eigenvalue weighted by molar-refractivity contribution is -0.361. The number of rotatable bonds is 0. The largest absolute Gasteiger partial charge is 0.417 e. The summed E-state index contributed by atoms with van der Waals surface area (Å²) in [7, 11) is 0. The van der Waals surface area contributed by atoms with Gasteiger partial charge in [0.05, 0.1) is 6.08 Å². The second-order valence-electron chi connectivity index (χ2n) is 1.18. The third-order valence-corrected chi connectivity index (χ3v) is 0.634. The van der Waals surface area contributed by atoms with E-state index in [0.717, 1.165) is 12.3 Å². The number of amidine groups is 1. The number of hydrogen-bond acceptors (Lipinski definition) is 5. The van der Waals surface area contributed by atoms with E-state index in [4.69, 9.17) is 0 Å². The zero-order valence-electron chi connectivity index (χ0n) is 4.18. The van der Waals surface area contributed by atoms with Crippen LogP contribution in [0.3, 0.4) is 0 Å². The van der Waals surface area contributed by atoms with Crippen LogP contribution in [0.15, 0.2) is 17.5 Å². The molecule has 0 unspecified atom stereocenters. The van der Waals surface area contributed by atoms with E-state index in [1.807, 2.05) is 0 Å². The smallest absolute Gasteiger partial charge is 0.358 e. The van der Waals surface area contributed by atoms with Gasteiger partial charge in [0.1, 0.15) is 0 Å². The maximum atomic E-state index is 9.84. The summed E-state index contributed by atoms with van der Waals surface area (Å²) in [5, 5.41) is 12.8. The standard InChI is InChI=1S/C3H2N2O4/c6-5(7)3-1-2-8-9-4-3/h1-2H. The van der Waals surface area contributed by atoms with E-state index in [1.54, 1.807) is 0 Å². The number of oxime groups is 1. The summed E-state index contributed by atoms with van der Waals surface area (Å²) in [4.78, 5) is 17.1. The van der Waals surface area contributed by atoms with Crippen molar-refractivity contribution in [2.75, 3.05) is 0 Å². The molecule has 0 amide bonds. The predicted octanol–water partition coefficient (Wildman–Crippen LogP) is 0.0521. The summed E-state index contributed by atoms with van der Waals surface area (Å²) in [5.41, 5.74) is 0. The van der Waals surface area contributed by atoms with E-state index in [2.05, 4.69) is 15.0 Å². The highest BCUT2D eigenvalue weighted by Gasteiger charge is 2.13. The van der Waals surface area contributed by atoms with Crippen LogP contribution in [0.4, 0.5) is 0 Å². The normalized spacial score (nSPS) is 15.3. The summed E-state index contributed by atoms with van der Waals surface area (Å²) >= 11 is 0. The Hall–Kier alpha value is -1.59. The molecule has 0 aromatic heterocycles. The topological polar surface area (TPSA) is 74.0 Å². The molecule has 0 bridgehead atoms. The quantitative estimate of drug-likeness (QED) is 0.264. The van der Waals surface area contributed by atoms with Crippen molar-refractivity contribution in [3.05, 3.63) is 22.5 Å². The van der Waals surface area contributed by atoms with Gasteiger partial charge in [-0.3, -0.25) is 4.89 Å². The van der Waals surface area contributed by atoms with Gasteiger partial charge in [-0.15, -0.1) is 0 Å². The average molecular weight is 130 g/mol. The zero-order valence-corrected chi connectivity index (χ0v) is 4.18. The molecule has 0 saturated heterocycles. The minimum Gasteiger partial charge on any atom is -0.358 e. The minimum atomic E-state index is -0.682. The second-order valence-corrected chi connectivity index (χ2v) is 1.18. The average Bonchev–Trinajstić information content (AvgIpc) is 1.90. The van der Waals surface area contributed by atoms with Gasteiger partial charge in [-0.1, -0.05) is 4.99 Å². The van der Waals surface area contributed by atoms with Crippen molar-refractivity contribution in [2.24, 2.45) is 5.16 Å². The fourth-order valence-electron chi connectivity index (χ4n) is 0.298. The SMILES string of the molecule is O=[N+]([O-])C1=NOOC=C1. The molecule has 0 atom stereocenters. The summed E-state index contributed by atoms with van der Waals surface area (Å²) in [6, 6.07) is 0. The molecule has 48 valence electrons. The number of nitro groups is 1. The number of hydrogen-bond donors (Lipinski definition) is 0. The van der Waals surface area contributed by atoms with Gasteiger partial charge in [0.2, 0.25) is 5.16 Å². The molecule has 6 nitrogen and oxygen atoms in total. The Bertz CT molecular complexity index is 184. The molecule has 1 aliphatic rings. The second kappa shape index (κ2) is 2.12. The highest BCUT2D eigenvalue weighted by atomic mass is 17.3. The molecule has 0 N–H and O–H groups in total. The van der Waals surface area contributed by atoms with Crippen molar-refractivity contribution in [3.8, 4) is 0 Å². The molecule has 0 fully saturated rings. The molecule has 0 saturated carbocycles. The van der Waals surface area contributed by atoms with Crippen LogP contribution in [0.25, 0.3) is 0 Å². The molecule has 9 heavy (non-hydrogen) atoms. The third-order valence-electron chi connectivity index (χ3n) is 0.634. The summed E-state index contributed by atoms with van der Waals surface area (Å²) in [5.74, 6) is -0.374. The molecule has 1 rings (SSSR count). The van der Waals surface area contributed by atoms with Crippen LogP contribution < -0.4 is 0 Å². The molecule has 6 heteroatoms. The van der Waals surface area contributed by atoms with Crippen molar-refractivity contribution in [2.45, 2.75) is 0 Å². The first-order valence-corrected chi connectivity index (χ1v) is 2.02. The first kappa shape index (κ1) is 5.54. The predicted molar refractivity (Wildman–Crippen MR) is 25.7 cm³/mol. The van der Waals surface area contributed by atoms with Crippen LogP contribution in [0.1, 0.15) is 0 Å². The highest BCUT2D eigenvalue weighted by Crippen LogP contribution is 1.94. The van der Waals surface area contributed by atoms with Crippen molar-refractivity contribution in [1.29, 1.82) is 0 Å². The maximum absolute atomic E-state index is 9.84. The zero-order chi connectivity index (χ0) is 6.69. The molecule has 1 aliphatic heterocycles. The summed E-state index contributed by atoms with van der Waals surface area (Å²) < 4.78 is 0. The van der Waals surface area contributed by atoms with E-state index in [1.165, 1.54) is 0 Å². The monoisotopic (exact) mass is 130 g/mol. The molecule has 0 aromatic carbocycles. The van der Waals surface area contributed by atoms with Crippen LogP contribution in [0.5, 0.6) is 0 Å². The Kier molecular flexibility index (Phi) is 1.31. The molecular formula is C3H2N2O4. The van der Waals surface area contributed by atoms with Crippen LogP contribution in [-0.2, 0) is 9.88 Å². The highest BCUT2D eigenvalue weighted by molar-refractivity contribution is 5.85. The van der Waals surface area contributed by atoms with Gasteiger partial charge in [-0.2, -0.15) is 0 Å². The van der Waals surface area contributed by atoms with Gasteiger partial charge >= 0.3 is 5.84 Å². The summed E-state index contributed by atoms with van der Waals surface area (Å²) in [6.07, 6.45) is 2.12. The van der Waals surface area contributed by atoms with E-state index >= 15 is 0 Å².